The number of hydrogen-bond acceptors (Lipinski definition) is 3. The number of halogens is 4. The molecule has 0 aromatic carbocycles. The summed E-state index contributed by atoms with van der Waals surface area (Å²) in [5.74, 6) is 0.0531. The van der Waals surface area contributed by atoms with Gasteiger partial charge in [0.15, 0.2) is 0 Å². The van der Waals surface area contributed by atoms with E-state index in [2.05, 4.69) is 15.3 Å². The van der Waals surface area contributed by atoms with Crippen LogP contribution < -0.4 is 5.32 Å². The molecule has 0 aliphatic heterocycles. The number of nitrogens with one attached hydrogen (secondary N) is 1. The lowest BCUT2D eigenvalue weighted by Gasteiger charge is -2.20. The van der Waals surface area contributed by atoms with Crippen molar-refractivity contribution in [3.05, 3.63) is 17.5 Å². The van der Waals surface area contributed by atoms with Crippen molar-refractivity contribution in [2.75, 3.05) is 5.32 Å². The van der Waals surface area contributed by atoms with Gasteiger partial charge in [-0.2, -0.15) is 13.2 Å². The third-order valence-electron chi connectivity index (χ3n) is 2.27. The first kappa shape index (κ1) is 10.5. The van der Waals surface area contributed by atoms with Crippen molar-refractivity contribution in [2.24, 2.45) is 0 Å². The first-order valence-corrected chi connectivity index (χ1v) is 4.63. The van der Waals surface area contributed by atoms with Crippen LogP contribution in [0.2, 0.25) is 5.15 Å². The Labute approximate surface area is 88.7 Å². The number of alkyl halides is 3. The van der Waals surface area contributed by atoms with E-state index in [9.17, 15) is 13.2 Å². The maximum Gasteiger partial charge on any atom is 0.411 e. The SMILES string of the molecule is FC(F)(F)C1(Nc2cncc(Cl)n2)CC1. The van der Waals surface area contributed by atoms with Crippen molar-refractivity contribution in [1.82, 2.24) is 9.97 Å². The standard InChI is InChI=1S/C8H7ClF3N3/c9-5-3-13-4-6(14-5)15-7(1-2-7)8(10,11)12/h3-4H,1-2H2,(H,14,15). The van der Waals surface area contributed by atoms with Crippen LogP contribution in [-0.4, -0.2) is 21.7 Å². The Morgan fingerprint density at radius 3 is 2.47 bits per heavy atom. The first-order chi connectivity index (χ1) is 6.93. The van der Waals surface area contributed by atoms with Gasteiger partial charge in [0.2, 0.25) is 0 Å². The summed E-state index contributed by atoms with van der Waals surface area (Å²) in [5, 5.41) is 2.39. The summed E-state index contributed by atoms with van der Waals surface area (Å²) in [6.45, 7) is 0. The smallest absolute Gasteiger partial charge is 0.355 e. The van der Waals surface area contributed by atoms with E-state index < -0.39 is 11.7 Å². The molecule has 0 spiro atoms. The quantitative estimate of drug-likeness (QED) is 0.859. The van der Waals surface area contributed by atoms with Crippen LogP contribution in [0, 0.1) is 0 Å². The number of aromatic nitrogens is 2. The molecule has 1 aliphatic rings. The summed E-state index contributed by atoms with van der Waals surface area (Å²) in [7, 11) is 0. The van der Waals surface area contributed by atoms with Crippen LogP contribution >= 0.6 is 11.6 Å². The summed E-state index contributed by atoms with van der Waals surface area (Å²) in [4.78, 5) is 7.36. The normalized spacial score (nSPS) is 18.7. The Hall–Kier alpha value is -1.04. The molecule has 0 atom stereocenters. The third kappa shape index (κ3) is 1.99. The second-order valence-electron chi connectivity index (χ2n) is 3.43. The maximum absolute atomic E-state index is 12.5. The number of rotatable bonds is 2. The molecule has 15 heavy (non-hydrogen) atoms. The minimum Gasteiger partial charge on any atom is -0.355 e. The Kier molecular flexibility index (Phi) is 2.26. The predicted octanol–water partition coefficient (Wildman–Crippen LogP) is 2.64. The molecule has 0 amide bonds. The van der Waals surface area contributed by atoms with Gasteiger partial charge in [-0.1, -0.05) is 11.6 Å². The number of nitrogens with zero attached hydrogens (tertiary/aromatic N) is 2. The Balaban J connectivity index is 2.16. The maximum atomic E-state index is 12.5. The topological polar surface area (TPSA) is 37.8 Å². The van der Waals surface area contributed by atoms with Crippen LogP contribution in [0.5, 0.6) is 0 Å². The second-order valence-corrected chi connectivity index (χ2v) is 3.82. The summed E-state index contributed by atoms with van der Waals surface area (Å²) < 4.78 is 37.6. The Morgan fingerprint density at radius 1 is 1.33 bits per heavy atom. The lowest BCUT2D eigenvalue weighted by Crippen LogP contribution is -2.38. The van der Waals surface area contributed by atoms with Gasteiger partial charge >= 0.3 is 6.18 Å². The molecule has 7 heteroatoms. The van der Waals surface area contributed by atoms with E-state index in [1.807, 2.05) is 0 Å². The number of hydrogen-bond donors (Lipinski definition) is 1. The highest BCUT2D eigenvalue weighted by Gasteiger charge is 2.63. The molecule has 0 radical (unpaired) electrons. The average Bonchev–Trinajstić information content (AvgIpc) is 2.84. The van der Waals surface area contributed by atoms with Crippen LogP contribution in [-0.2, 0) is 0 Å². The van der Waals surface area contributed by atoms with Gasteiger partial charge in [0.25, 0.3) is 0 Å². The van der Waals surface area contributed by atoms with Gasteiger partial charge in [-0.3, -0.25) is 4.98 Å². The van der Waals surface area contributed by atoms with Gasteiger partial charge in [-0.25, -0.2) is 4.98 Å². The highest BCUT2D eigenvalue weighted by atomic mass is 35.5. The van der Waals surface area contributed by atoms with Crippen LogP contribution in [0.1, 0.15) is 12.8 Å². The van der Waals surface area contributed by atoms with Crippen LogP contribution in [0.25, 0.3) is 0 Å². The van der Waals surface area contributed by atoms with Gasteiger partial charge in [0.05, 0.1) is 12.4 Å². The van der Waals surface area contributed by atoms with E-state index in [0.29, 0.717) is 0 Å². The van der Waals surface area contributed by atoms with Crippen LogP contribution in [0.4, 0.5) is 19.0 Å². The van der Waals surface area contributed by atoms with E-state index in [-0.39, 0.29) is 23.8 Å². The highest BCUT2D eigenvalue weighted by Crippen LogP contribution is 2.50. The number of anilines is 1. The minimum absolute atomic E-state index is 0.0531. The zero-order valence-electron chi connectivity index (χ0n) is 7.48. The molecule has 82 valence electrons. The fourth-order valence-corrected chi connectivity index (χ4v) is 1.40. The van der Waals surface area contributed by atoms with E-state index in [0.717, 1.165) is 0 Å². The van der Waals surface area contributed by atoms with Gasteiger partial charge in [0.1, 0.15) is 16.5 Å². The molecule has 0 bridgehead atoms. The molecule has 0 unspecified atom stereocenters. The molecule has 1 saturated carbocycles. The molecular weight excluding hydrogens is 231 g/mol. The lowest BCUT2D eigenvalue weighted by atomic mass is 10.2. The average molecular weight is 238 g/mol. The summed E-state index contributed by atoms with van der Waals surface area (Å²) >= 11 is 5.51. The van der Waals surface area contributed by atoms with Crippen molar-refractivity contribution in [2.45, 2.75) is 24.6 Å². The van der Waals surface area contributed by atoms with E-state index in [4.69, 9.17) is 11.6 Å². The molecule has 1 aromatic rings. The molecule has 1 aliphatic carbocycles. The summed E-state index contributed by atoms with van der Waals surface area (Å²) in [6.07, 6.45) is -1.66. The third-order valence-corrected chi connectivity index (χ3v) is 2.45. The molecular formula is C8H7ClF3N3. The Morgan fingerprint density at radius 2 is 2.00 bits per heavy atom. The van der Waals surface area contributed by atoms with Crippen LogP contribution in [0.15, 0.2) is 12.4 Å². The van der Waals surface area contributed by atoms with E-state index >= 15 is 0 Å². The van der Waals surface area contributed by atoms with Crippen molar-refractivity contribution in [1.29, 1.82) is 0 Å². The van der Waals surface area contributed by atoms with E-state index in [1.165, 1.54) is 12.4 Å². The summed E-state index contributed by atoms with van der Waals surface area (Å²) in [6, 6.07) is 0. The largest absolute Gasteiger partial charge is 0.411 e. The van der Waals surface area contributed by atoms with Crippen LogP contribution in [0.3, 0.4) is 0 Å². The molecule has 1 fully saturated rings. The van der Waals surface area contributed by atoms with Crippen molar-refractivity contribution in [3.63, 3.8) is 0 Å². The lowest BCUT2D eigenvalue weighted by molar-refractivity contribution is -0.151. The van der Waals surface area contributed by atoms with Gasteiger partial charge in [-0.05, 0) is 12.8 Å². The molecule has 1 heterocycles. The Bertz CT molecular complexity index is 376. The zero-order chi connectivity index (χ0) is 11.1. The second kappa shape index (κ2) is 3.23. The first-order valence-electron chi connectivity index (χ1n) is 4.25. The van der Waals surface area contributed by atoms with Crippen molar-refractivity contribution < 1.29 is 13.2 Å². The molecule has 3 nitrogen and oxygen atoms in total. The van der Waals surface area contributed by atoms with Gasteiger partial charge in [0, 0.05) is 0 Å². The van der Waals surface area contributed by atoms with E-state index in [1.54, 1.807) is 0 Å². The summed E-state index contributed by atoms with van der Waals surface area (Å²) in [5.41, 5.74) is -1.83. The van der Waals surface area contributed by atoms with Crippen molar-refractivity contribution >= 4 is 17.4 Å². The molecule has 0 saturated heterocycles. The highest BCUT2D eigenvalue weighted by molar-refractivity contribution is 6.29. The minimum atomic E-state index is -4.27. The molecule has 1 N–H and O–H groups in total. The monoisotopic (exact) mass is 237 g/mol. The zero-order valence-corrected chi connectivity index (χ0v) is 8.23. The van der Waals surface area contributed by atoms with Crippen molar-refractivity contribution in [3.8, 4) is 0 Å². The predicted molar refractivity (Wildman–Crippen MR) is 48.7 cm³/mol. The van der Waals surface area contributed by atoms with Gasteiger partial charge in [-0.15, -0.1) is 0 Å². The fraction of sp³-hybridized carbons (Fsp3) is 0.500. The molecule has 2 rings (SSSR count). The fourth-order valence-electron chi connectivity index (χ4n) is 1.25. The molecule has 1 aromatic heterocycles. The van der Waals surface area contributed by atoms with Gasteiger partial charge < -0.3 is 5.32 Å².